The molecule has 2 heterocycles. The summed E-state index contributed by atoms with van der Waals surface area (Å²) in [7, 11) is -5.24. The van der Waals surface area contributed by atoms with Crippen molar-refractivity contribution in [3.63, 3.8) is 0 Å². The van der Waals surface area contributed by atoms with Crippen LogP contribution in [0.5, 0.6) is 5.75 Å². The van der Waals surface area contributed by atoms with Crippen molar-refractivity contribution in [2.24, 2.45) is 0 Å². The average Bonchev–Trinajstić information content (AvgIpc) is 3.48. The highest BCUT2D eigenvalue weighted by atomic mass is 32.2. The van der Waals surface area contributed by atoms with Crippen LogP contribution >= 0.6 is 0 Å². The van der Waals surface area contributed by atoms with Gasteiger partial charge < -0.3 is 15.1 Å². The van der Waals surface area contributed by atoms with Gasteiger partial charge in [0.15, 0.2) is 28.2 Å². The number of hydrogen-bond donors (Lipinski definition) is 2. The summed E-state index contributed by atoms with van der Waals surface area (Å²) in [4.78, 5) is 28.9. The Morgan fingerprint density at radius 3 is 2.16 bits per heavy atom. The molecule has 2 fully saturated rings. The molecule has 43 heavy (non-hydrogen) atoms. The number of carboxylic acid groups (broad SMARTS) is 1. The molecular weight excluding hydrogens is 594 g/mol. The number of rotatable bonds is 8. The highest BCUT2D eigenvalue weighted by molar-refractivity contribution is 7.89. The second kappa shape index (κ2) is 11.6. The monoisotopic (exact) mass is 621 g/mol. The van der Waals surface area contributed by atoms with Gasteiger partial charge in [-0.15, -0.1) is 0 Å². The normalized spacial score (nSPS) is 17.6. The van der Waals surface area contributed by atoms with Crippen molar-refractivity contribution in [3.05, 3.63) is 82.2 Å². The molecule has 1 aliphatic heterocycles. The van der Waals surface area contributed by atoms with E-state index in [2.05, 4.69) is 4.98 Å². The first-order chi connectivity index (χ1) is 20.3. The van der Waals surface area contributed by atoms with Crippen LogP contribution in [0.15, 0.2) is 41.4 Å². The van der Waals surface area contributed by atoms with E-state index in [1.165, 1.54) is 6.07 Å². The standard InChI is InChI=1S/C29H27F4N3O6S/c1-15-23(30)25(32)27(26(33)24(15)31)43(41,42)36-11-10-21(36)28(38)35(19-8-9-20(29(39)40)22(37)12-19)14-18-7-6-17(13-34-18)16-4-2-3-5-16/h6-9,12-13,16,21,37H,2-5,10-11,14H2,1H3,(H,39,40)/t21-/m1/s1. The molecule has 0 spiro atoms. The average molecular weight is 622 g/mol. The minimum absolute atomic E-state index is 0.0109. The molecule has 0 unspecified atom stereocenters. The maximum atomic E-state index is 14.7. The molecule has 1 amide bonds. The summed E-state index contributed by atoms with van der Waals surface area (Å²) < 4.78 is 84.8. The lowest BCUT2D eigenvalue weighted by Gasteiger charge is -2.41. The van der Waals surface area contributed by atoms with E-state index in [0.717, 1.165) is 55.2 Å². The van der Waals surface area contributed by atoms with E-state index >= 15 is 0 Å². The van der Waals surface area contributed by atoms with Gasteiger partial charge >= 0.3 is 5.97 Å². The molecule has 1 saturated heterocycles. The van der Waals surface area contributed by atoms with Gasteiger partial charge in [0.1, 0.15) is 17.4 Å². The zero-order valence-corrected chi connectivity index (χ0v) is 23.7. The van der Waals surface area contributed by atoms with Crippen LogP contribution in [0.4, 0.5) is 23.2 Å². The number of phenols is 1. The van der Waals surface area contributed by atoms with Crippen molar-refractivity contribution >= 4 is 27.6 Å². The number of carboxylic acids is 1. The zero-order chi connectivity index (χ0) is 31.2. The van der Waals surface area contributed by atoms with E-state index in [4.69, 9.17) is 0 Å². The fraction of sp³-hybridized carbons (Fsp3) is 0.345. The van der Waals surface area contributed by atoms with Gasteiger partial charge in [-0.2, -0.15) is 4.31 Å². The van der Waals surface area contributed by atoms with E-state index in [1.807, 2.05) is 6.07 Å². The molecular formula is C29H27F4N3O6S. The summed E-state index contributed by atoms with van der Waals surface area (Å²) in [6, 6.07) is 5.33. The summed E-state index contributed by atoms with van der Waals surface area (Å²) in [6.07, 6.45) is 5.88. The van der Waals surface area contributed by atoms with Crippen LogP contribution in [0.25, 0.3) is 0 Å². The highest BCUT2D eigenvalue weighted by Gasteiger charge is 2.47. The third kappa shape index (κ3) is 5.44. The third-order valence-electron chi connectivity index (χ3n) is 8.05. The van der Waals surface area contributed by atoms with Gasteiger partial charge in [0.25, 0.3) is 0 Å². The molecule has 1 aromatic heterocycles. The van der Waals surface area contributed by atoms with Gasteiger partial charge in [-0.1, -0.05) is 18.9 Å². The van der Waals surface area contributed by atoms with Gasteiger partial charge in [-0.25, -0.2) is 30.8 Å². The predicted octanol–water partition coefficient (Wildman–Crippen LogP) is 5.00. The summed E-state index contributed by atoms with van der Waals surface area (Å²) in [5, 5.41) is 19.6. The summed E-state index contributed by atoms with van der Waals surface area (Å²) in [5.41, 5.74) is -0.0844. The third-order valence-corrected chi connectivity index (χ3v) is 9.98. The number of aromatic hydroxyl groups is 1. The lowest BCUT2D eigenvalue weighted by molar-refractivity contribution is -0.125. The lowest BCUT2D eigenvalue weighted by Crippen LogP contribution is -2.59. The Bertz CT molecular complexity index is 1680. The number of carbonyl (C=O) groups excluding carboxylic acids is 1. The summed E-state index contributed by atoms with van der Waals surface area (Å²) in [5.74, 6) is -10.6. The van der Waals surface area contributed by atoms with Crippen molar-refractivity contribution in [3.8, 4) is 5.75 Å². The maximum Gasteiger partial charge on any atom is 0.339 e. The second-order valence-corrected chi connectivity index (χ2v) is 12.5. The minimum atomic E-state index is -5.24. The van der Waals surface area contributed by atoms with E-state index in [0.29, 0.717) is 15.9 Å². The predicted molar refractivity (Wildman–Crippen MR) is 145 cm³/mol. The number of carbonyl (C=O) groups is 2. The molecule has 1 aliphatic carbocycles. The number of pyridine rings is 1. The number of nitrogens with zero attached hydrogens (tertiary/aromatic N) is 3. The number of halogens is 4. The number of amides is 1. The fourth-order valence-corrected chi connectivity index (χ4v) is 7.24. The maximum absolute atomic E-state index is 14.7. The van der Waals surface area contributed by atoms with Crippen molar-refractivity contribution in [1.29, 1.82) is 0 Å². The molecule has 0 radical (unpaired) electrons. The SMILES string of the molecule is Cc1c(F)c(F)c(S(=O)(=O)N2CC[C@@H]2C(=O)N(Cc2ccc(C3CCCC3)cn2)c2ccc(C(=O)O)c(O)c2)c(F)c1F. The number of aromatic carboxylic acids is 1. The molecule has 1 saturated carbocycles. The van der Waals surface area contributed by atoms with Crippen molar-refractivity contribution in [2.75, 3.05) is 11.4 Å². The van der Waals surface area contributed by atoms with Crippen molar-refractivity contribution in [1.82, 2.24) is 9.29 Å². The number of anilines is 1. The van der Waals surface area contributed by atoms with Crippen molar-refractivity contribution in [2.45, 2.75) is 62.4 Å². The fourth-order valence-electron chi connectivity index (χ4n) is 5.50. The van der Waals surface area contributed by atoms with Gasteiger partial charge in [0, 0.05) is 30.1 Å². The molecule has 9 nitrogen and oxygen atoms in total. The van der Waals surface area contributed by atoms with Crippen LogP contribution in [0.1, 0.15) is 65.2 Å². The van der Waals surface area contributed by atoms with Crippen molar-refractivity contribution < 1.29 is 45.8 Å². The quantitative estimate of drug-likeness (QED) is 0.268. The van der Waals surface area contributed by atoms with Crippen LogP contribution in [0, 0.1) is 30.2 Å². The number of benzene rings is 2. The van der Waals surface area contributed by atoms with E-state index in [1.54, 1.807) is 12.3 Å². The second-order valence-electron chi connectivity index (χ2n) is 10.6. The molecule has 3 aromatic rings. The van der Waals surface area contributed by atoms with Crippen LogP contribution in [-0.4, -0.2) is 52.4 Å². The first kappa shape index (κ1) is 30.4. The van der Waals surface area contributed by atoms with Gasteiger partial charge in [0.05, 0.1) is 12.2 Å². The topological polar surface area (TPSA) is 128 Å². The smallest absolute Gasteiger partial charge is 0.339 e. The Hall–Kier alpha value is -4.04. The largest absolute Gasteiger partial charge is 0.507 e. The van der Waals surface area contributed by atoms with Gasteiger partial charge in [0.2, 0.25) is 15.9 Å². The van der Waals surface area contributed by atoms with Crippen LogP contribution in [0.3, 0.4) is 0 Å². The molecule has 2 N–H and O–H groups in total. The summed E-state index contributed by atoms with van der Waals surface area (Å²) >= 11 is 0. The molecule has 0 bridgehead atoms. The van der Waals surface area contributed by atoms with E-state index in [-0.39, 0.29) is 25.2 Å². The minimum Gasteiger partial charge on any atom is -0.507 e. The number of aromatic nitrogens is 1. The van der Waals surface area contributed by atoms with Gasteiger partial charge in [-0.05, 0) is 55.9 Å². The Morgan fingerprint density at radius 1 is 1.00 bits per heavy atom. The Balaban J connectivity index is 1.49. The molecule has 14 heteroatoms. The first-order valence-electron chi connectivity index (χ1n) is 13.5. The lowest BCUT2D eigenvalue weighted by atomic mass is 9.99. The highest BCUT2D eigenvalue weighted by Crippen LogP contribution is 2.36. The Kier molecular flexibility index (Phi) is 8.18. The molecule has 2 aliphatic rings. The van der Waals surface area contributed by atoms with E-state index in [9.17, 15) is 45.8 Å². The van der Waals surface area contributed by atoms with Gasteiger partial charge in [-0.3, -0.25) is 9.78 Å². The van der Waals surface area contributed by atoms with Crippen LogP contribution in [0.2, 0.25) is 0 Å². The van der Waals surface area contributed by atoms with Crippen LogP contribution in [-0.2, 0) is 21.4 Å². The summed E-state index contributed by atoms with van der Waals surface area (Å²) in [6.45, 7) is 0.136. The van der Waals surface area contributed by atoms with E-state index < -0.39 is 73.0 Å². The number of sulfonamides is 1. The Morgan fingerprint density at radius 2 is 1.65 bits per heavy atom. The molecule has 1 atom stereocenters. The molecule has 5 rings (SSSR count). The zero-order valence-electron chi connectivity index (χ0n) is 22.9. The van der Waals surface area contributed by atoms with Crippen LogP contribution < -0.4 is 4.90 Å². The first-order valence-corrected chi connectivity index (χ1v) is 14.9. The number of hydrogen-bond acceptors (Lipinski definition) is 6. The molecule has 2 aromatic carbocycles. The Labute approximate surface area is 244 Å². The molecule has 228 valence electrons.